The highest BCUT2D eigenvalue weighted by atomic mass is 35.5. The van der Waals surface area contributed by atoms with Crippen LogP contribution in [0.1, 0.15) is 44.6 Å². The Morgan fingerprint density at radius 2 is 2.19 bits per heavy atom. The maximum absolute atomic E-state index is 12.1. The van der Waals surface area contributed by atoms with Crippen LogP contribution in [-0.4, -0.2) is 24.3 Å². The molecular weight excluding hydrogens is 282 g/mol. The van der Waals surface area contributed by atoms with E-state index < -0.39 is 0 Å². The lowest BCUT2D eigenvalue weighted by atomic mass is 9.78. The first-order chi connectivity index (χ1) is 10.1. The zero-order valence-corrected chi connectivity index (χ0v) is 13.9. The van der Waals surface area contributed by atoms with Gasteiger partial charge < -0.3 is 4.90 Å². The maximum atomic E-state index is 12.1. The Bertz CT molecular complexity index is 474. The molecule has 0 bridgehead atoms. The molecule has 0 heterocycles. The van der Waals surface area contributed by atoms with E-state index >= 15 is 0 Å². The molecule has 21 heavy (non-hydrogen) atoms. The minimum atomic E-state index is 0.222. The van der Waals surface area contributed by atoms with Crippen molar-refractivity contribution >= 4 is 17.4 Å². The summed E-state index contributed by atoms with van der Waals surface area (Å²) in [6.07, 6.45) is 5.44. The molecule has 0 amide bonds. The molecule has 1 aliphatic rings. The van der Waals surface area contributed by atoms with Crippen molar-refractivity contribution in [3.8, 4) is 0 Å². The number of hydrogen-bond donors (Lipinski definition) is 0. The fourth-order valence-corrected chi connectivity index (χ4v) is 3.65. The molecule has 2 rings (SSSR count). The first-order valence-corrected chi connectivity index (χ1v) is 8.42. The predicted molar refractivity (Wildman–Crippen MR) is 88.5 cm³/mol. The second-order valence-corrected chi connectivity index (χ2v) is 6.86. The number of hydrogen-bond acceptors (Lipinski definition) is 2. The van der Waals surface area contributed by atoms with E-state index in [0.29, 0.717) is 5.78 Å². The van der Waals surface area contributed by atoms with Crippen LogP contribution in [0.3, 0.4) is 0 Å². The summed E-state index contributed by atoms with van der Waals surface area (Å²) >= 11 is 6.02. The van der Waals surface area contributed by atoms with Gasteiger partial charge in [-0.2, -0.15) is 0 Å². The van der Waals surface area contributed by atoms with Gasteiger partial charge in [0.2, 0.25) is 0 Å². The van der Waals surface area contributed by atoms with Crippen molar-refractivity contribution in [1.82, 2.24) is 4.90 Å². The van der Waals surface area contributed by atoms with E-state index in [-0.39, 0.29) is 5.92 Å². The molecule has 1 aliphatic carbocycles. The number of halogens is 1. The van der Waals surface area contributed by atoms with Gasteiger partial charge in [0, 0.05) is 30.5 Å². The third-order valence-corrected chi connectivity index (χ3v) is 4.68. The van der Waals surface area contributed by atoms with Crippen molar-refractivity contribution in [3.05, 3.63) is 34.9 Å². The van der Waals surface area contributed by atoms with E-state index in [1.807, 2.05) is 18.2 Å². The third-order valence-electron chi connectivity index (χ3n) is 4.44. The second kappa shape index (κ2) is 7.95. The predicted octanol–water partition coefficient (Wildman–Crippen LogP) is 4.56. The average Bonchev–Trinajstić information content (AvgIpc) is 2.43. The van der Waals surface area contributed by atoms with Crippen LogP contribution in [-0.2, 0) is 11.3 Å². The van der Waals surface area contributed by atoms with Gasteiger partial charge in [-0.1, -0.05) is 43.5 Å². The van der Waals surface area contributed by atoms with Crippen LogP contribution in [0.15, 0.2) is 24.3 Å². The lowest BCUT2D eigenvalue weighted by Gasteiger charge is -2.31. The summed E-state index contributed by atoms with van der Waals surface area (Å²) in [6.45, 7) is 3.95. The Morgan fingerprint density at radius 1 is 1.38 bits per heavy atom. The topological polar surface area (TPSA) is 20.3 Å². The first-order valence-electron chi connectivity index (χ1n) is 8.04. The molecule has 0 saturated heterocycles. The fourth-order valence-electron chi connectivity index (χ4n) is 3.44. The molecule has 1 fully saturated rings. The number of carbonyl (C=O) groups excluding carboxylic acids is 1. The summed E-state index contributed by atoms with van der Waals surface area (Å²) in [5, 5.41) is 0.776. The van der Waals surface area contributed by atoms with Crippen LogP contribution >= 0.6 is 11.6 Å². The highest BCUT2D eigenvalue weighted by molar-refractivity contribution is 6.30. The van der Waals surface area contributed by atoms with Crippen molar-refractivity contribution in [1.29, 1.82) is 0 Å². The minimum absolute atomic E-state index is 0.222. The Hall–Kier alpha value is -0.860. The number of carbonyl (C=O) groups is 1. The average molecular weight is 308 g/mol. The normalized spacial score (nSPS) is 22.8. The lowest BCUT2D eigenvalue weighted by molar-refractivity contribution is -0.126. The molecule has 3 heteroatoms. The molecule has 0 N–H and O–H groups in total. The summed E-state index contributed by atoms with van der Waals surface area (Å²) in [5.74, 6) is 1.43. The van der Waals surface area contributed by atoms with Gasteiger partial charge in [-0.25, -0.2) is 0 Å². The van der Waals surface area contributed by atoms with Gasteiger partial charge in [-0.05, 0) is 43.5 Å². The molecule has 1 saturated carbocycles. The Morgan fingerprint density at radius 3 is 2.90 bits per heavy atom. The van der Waals surface area contributed by atoms with Gasteiger partial charge in [0.05, 0.1) is 0 Å². The van der Waals surface area contributed by atoms with Crippen LogP contribution in [0.25, 0.3) is 0 Å². The maximum Gasteiger partial charge on any atom is 0.137 e. The Labute approximate surface area is 133 Å². The van der Waals surface area contributed by atoms with Gasteiger partial charge in [-0.3, -0.25) is 4.79 Å². The summed E-state index contributed by atoms with van der Waals surface area (Å²) in [4.78, 5) is 14.4. The van der Waals surface area contributed by atoms with Crippen LogP contribution in [0.2, 0.25) is 5.02 Å². The Kier molecular flexibility index (Phi) is 6.25. The standard InChI is InChI=1S/C18H26ClNO/c1-3-5-14-8-9-18(21)16(10-14)13-20(2)12-15-6-4-7-17(19)11-15/h4,6-7,11,14,16H,3,5,8-10,12-13H2,1-2H3. The van der Waals surface area contributed by atoms with Gasteiger partial charge in [0.15, 0.2) is 0 Å². The quantitative estimate of drug-likeness (QED) is 0.768. The summed E-state index contributed by atoms with van der Waals surface area (Å²) in [6, 6.07) is 7.96. The summed E-state index contributed by atoms with van der Waals surface area (Å²) in [7, 11) is 2.09. The molecule has 1 aromatic rings. The monoisotopic (exact) mass is 307 g/mol. The van der Waals surface area contributed by atoms with E-state index in [4.69, 9.17) is 11.6 Å². The van der Waals surface area contributed by atoms with E-state index in [1.54, 1.807) is 0 Å². The van der Waals surface area contributed by atoms with E-state index in [0.717, 1.165) is 43.3 Å². The fraction of sp³-hybridized carbons (Fsp3) is 0.611. The number of benzene rings is 1. The smallest absolute Gasteiger partial charge is 0.137 e. The molecular formula is C18H26ClNO. The van der Waals surface area contributed by atoms with Crippen LogP contribution < -0.4 is 0 Å². The van der Waals surface area contributed by atoms with Crippen molar-refractivity contribution in [2.24, 2.45) is 11.8 Å². The van der Waals surface area contributed by atoms with Crippen molar-refractivity contribution in [2.75, 3.05) is 13.6 Å². The largest absolute Gasteiger partial charge is 0.301 e. The summed E-state index contributed by atoms with van der Waals surface area (Å²) < 4.78 is 0. The first kappa shape index (κ1) is 16.5. The number of nitrogens with zero attached hydrogens (tertiary/aromatic N) is 1. The molecule has 116 valence electrons. The molecule has 1 aromatic carbocycles. The zero-order valence-electron chi connectivity index (χ0n) is 13.1. The lowest BCUT2D eigenvalue weighted by Crippen LogP contribution is -2.34. The van der Waals surface area contributed by atoms with Crippen molar-refractivity contribution in [3.63, 3.8) is 0 Å². The third kappa shape index (κ3) is 5.12. The Balaban J connectivity index is 1.88. The van der Waals surface area contributed by atoms with Gasteiger partial charge in [0.25, 0.3) is 0 Å². The molecule has 0 spiro atoms. The van der Waals surface area contributed by atoms with Crippen LogP contribution in [0.4, 0.5) is 0 Å². The van der Waals surface area contributed by atoms with Gasteiger partial charge >= 0.3 is 0 Å². The van der Waals surface area contributed by atoms with E-state index in [1.165, 1.54) is 18.4 Å². The number of rotatable bonds is 6. The molecule has 2 nitrogen and oxygen atoms in total. The molecule has 0 radical (unpaired) electrons. The van der Waals surface area contributed by atoms with Crippen molar-refractivity contribution in [2.45, 2.75) is 45.6 Å². The van der Waals surface area contributed by atoms with Crippen molar-refractivity contribution < 1.29 is 4.79 Å². The highest BCUT2D eigenvalue weighted by Gasteiger charge is 2.28. The highest BCUT2D eigenvalue weighted by Crippen LogP contribution is 2.30. The van der Waals surface area contributed by atoms with Gasteiger partial charge in [-0.15, -0.1) is 0 Å². The molecule has 2 atom stereocenters. The van der Waals surface area contributed by atoms with Crippen LogP contribution in [0, 0.1) is 11.8 Å². The van der Waals surface area contributed by atoms with E-state index in [9.17, 15) is 4.79 Å². The van der Waals surface area contributed by atoms with Crippen LogP contribution in [0.5, 0.6) is 0 Å². The molecule has 2 unspecified atom stereocenters. The minimum Gasteiger partial charge on any atom is -0.301 e. The second-order valence-electron chi connectivity index (χ2n) is 6.42. The summed E-state index contributed by atoms with van der Waals surface area (Å²) in [5.41, 5.74) is 1.21. The SMILES string of the molecule is CCCC1CCC(=O)C(CN(C)Cc2cccc(Cl)c2)C1. The van der Waals surface area contributed by atoms with Gasteiger partial charge in [0.1, 0.15) is 5.78 Å². The molecule has 0 aliphatic heterocycles. The number of ketones is 1. The molecule has 0 aromatic heterocycles. The zero-order chi connectivity index (χ0) is 15.2. The van der Waals surface area contributed by atoms with E-state index in [2.05, 4.69) is 24.9 Å². The number of Topliss-reactive ketones (excluding diaryl/α,β-unsaturated/α-hetero) is 1.